The molecule has 0 saturated heterocycles. The Morgan fingerprint density at radius 1 is 0.933 bits per heavy atom. The Hall–Kier alpha value is 0. The number of hydrogen-bond donors (Lipinski definition) is 0. The van der Waals surface area contributed by atoms with E-state index in [9.17, 15) is 0 Å². The van der Waals surface area contributed by atoms with E-state index in [0.29, 0.717) is 5.41 Å². The summed E-state index contributed by atoms with van der Waals surface area (Å²) in [5.41, 5.74) is 1.42. The van der Waals surface area contributed by atoms with Gasteiger partial charge >= 0.3 is 0 Å². The molecule has 0 heteroatoms. The molecule has 0 N–H and O–H groups in total. The lowest BCUT2D eigenvalue weighted by Gasteiger charge is -2.65. The van der Waals surface area contributed by atoms with Gasteiger partial charge in [0.05, 0.1) is 0 Å². The van der Waals surface area contributed by atoms with Gasteiger partial charge in [-0.2, -0.15) is 0 Å². The fraction of sp³-hybridized carbons (Fsp3) is 1.00. The van der Waals surface area contributed by atoms with Crippen LogP contribution in [-0.2, 0) is 0 Å². The fourth-order valence-electron chi connectivity index (χ4n) is 5.59. The second kappa shape index (κ2) is 2.81. The van der Waals surface area contributed by atoms with Crippen molar-refractivity contribution in [2.24, 2.45) is 34.5 Å². The predicted octanol–water partition coefficient (Wildman–Crippen LogP) is 4.49. The molecule has 0 aromatic rings. The molecule has 2 unspecified atom stereocenters. The standard InChI is InChI=1S/C15H26/c1-10(2)15(4)12-5-11-6-13(15)9-14(3,7-11)8-12/h10-13H,5-9H2,1-4H3. The molecule has 0 amide bonds. The number of rotatable bonds is 1. The van der Waals surface area contributed by atoms with Crippen molar-refractivity contribution < 1.29 is 0 Å². The van der Waals surface area contributed by atoms with Gasteiger partial charge < -0.3 is 0 Å². The summed E-state index contributed by atoms with van der Waals surface area (Å²) in [4.78, 5) is 0. The van der Waals surface area contributed by atoms with E-state index >= 15 is 0 Å². The quantitative estimate of drug-likeness (QED) is 0.593. The highest BCUT2D eigenvalue weighted by Crippen LogP contribution is 2.68. The topological polar surface area (TPSA) is 0 Å². The first-order valence-electron chi connectivity index (χ1n) is 6.94. The molecule has 2 atom stereocenters. The van der Waals surface area contributed by atoms with Crippen molar-refractivity contribution in [3.05, 3.63) is 0 Å². The van der Waals surface area contributed by atoms with Gasteiger partial charge in [-0.25, -0.2) is 0 Å². The average Bonchev–Trinajstić information content (AvgIpc) is 2.10. The average molecular weight is 206 g/mol. The SMILES string of the molecule is CC(C)C1(C)C2CC3CC1CC(C)(C3)C2. The van der Waals surface area contributed by atoms with Crippen LogP contribution in [0.3, 0.4) is 0 Å². The van der Waals surface area contributed by atoms with Crippen LogP contribution in [0.5, 0.6) is 0 Å². The van der Waals surface area contributed by atoms with Gasteiger partial charge in [0.1, 0.15) is 0 Å². The number of hydrogen-bond acceptors (Lipinski definition) is 0. The minimum absolute atomic E-state index is 0.677. The monoisotopic (exact) mass is 206 g/mol. The van der Waals surface area contributed by atoms with E-state index in [2.05, 4.69) is 27.7 Å². The maximum atomic E-state index is 2.61. The minimum atomic E-state index is 0.677. The van der Waals surface area contributed by atoms with E-state index in [0.717, 1.165) is 29.1 Å². The van der Waals surface area contributed by atoms with Crippen LogP contribution in [0, 0.1) is 34.5 Å². The normalized spacial score (nSPS) is 57.8. The highest BCUT2D eigenvalue weighted by Gasteiger charge is 2.59. The van der Waals surface area contributed by atoms with Crippen molar-refractivity contribution in [3.8, 4) is 0 Å². The summed E-state index contributed by atoms with van der Waals surface area (Å²) in [6.45, 7) is 10.1. The Balaban J connectivity index is 1.97. The molecule has 0 radical (unpaired) electrons. The second-order valence-electron chi connectivity index (χ2n) is 7.68. The molecule has 0 aromatic heterocycles. The Bertz CT molecular complexity index is 260. The molecule has 4 rings (SSSR count). The zero-order valence-corrected chi connectivity index (χ0v) is 10.8. The second-order valence-corrected chi connectivity index (χ2v) is 7.68. The molecule has 4 aliphatic rings. The Kier molecular flexibility index (Phi) is 1.91. The van der Waals surface area contributed by atoms with Crippen LogP contribution in [0.4, 0.5) is 0 Å². The van der Waals surface area contributed by atoms with Crippen LogP contribution in [0.15, 0.2) is 0 Å². The smallest absolute Gasteiger partial charge is 0.0246 e. The lowest BCUT2D eigenvalue weighted by Crippen LogP contribution is -2.56. The van der Waals surface area contributed by atoms with Crippen molar-refractivity contribution in [3.63, 3.8) is 0 Å². The molecule has 15 heavy (non-hydrogen) atoms. The third-order valence-corrected chi connectivity index (χ3v) is 6.50. The molecule has 86 valence electrons. The van der Waals surface area contributed by atoms with Crippen molar-refractivity contribution in [2.45, 2.75) is 59.8 Å². The van der Waals surface area contributed by atoms with Crippen LogP contribution in [0.2, 0.25) is 0 Å². The van der Waals surface area contributed by atoms with E-state index in [4.69, 9.17) is 0 Å². The zero-order chi connectivity index (χ0) is 10.8. The first-order valence-corrected chi connectivity index (χ1v) is 6.94. The van der Waals surface area contributed by atoms with Crippen LogP contribution in [0.25, 0.3) is 0 Å². The first-order chi connectivity index (χ1) is 6.94. The van der Waals surface area contributed by atoms with Crippen molar-refractivity contribution in [1.29, 1.82) is 0 Å². The van der Waals surface area contributed by atoms with Crippen molar-refractivity contribution in [2.75, 3.05) is 0 Å². The molecule has 0 aromatic carbocycles. The van der Waals surface area contributed by atoms with Crippen molar-refractivity contribution in [1.82, 2.24) is 0 Å². The summed E-state index contributed by atoms with van der Waals surface area (Å²) in [5.74, 6) is 4.08. The van der Waals surface area contributed by atoms with E-state index in [-0.39, 0.29) is 0 Å². The maximum Gasteiger partial charge on any atom is -0.0246 e. The Labute approximate surface area is 94.8 Å². The third kappa shape index (κ3) is 1.20. The van der Waals surface area contributed by atoms with Gasteiger partial charge in [0, 0.05) is 0 Å². The molecule has 4 bridgehead atoms. The summed E-state index contributed by atoms with van der Waals surface area (Å²) in [6, 6.07) is 0. The largest absolute Gasteiger partial charge is 0.0622 e. The lowest BCUT2D eigenvalue weighted by molar-refractivity contribution is -0.156. The highest BCUT2D eigenvalue weighted by molar-refractivity contribution is 5.08. The molecular weight excluding hydrogens is 180 g/mol. The maximum absolute atomic E-state index is 2.61. The van der Waals surface area contributed by atoms with Gasteiger partial charge in [-0.1, -0.05) is 27.7 Å². The fourth-order valence-corrected chi connectivity index (χ4v) is 5.59. The van der Waals surface area contributed by atoms with E-state index in [1.54, 1.807) is 19.3 Å². The van der Waals surface area contributed by atoms with Crippen LogP contribution < -0.4 is 0 Å². The van der Waals surface area contributed by atoms with Crippen LogP contribution >= 0.6 is 0 Å². The third-order valence-electron chi connectivity index (χ3n) is 6.50. The summed E-state index contributed by atoms with van der Waals surface area (Å²) < 4.78 is 0. The molecule has 0 spiro atoms. The summed E-state index contributed by atoms with van der Waals surface area (Å²) >= 11 is 0. The van der Waals surface area contributed by atoms with Gasteiger partial charge in [-0.05, 0) is 66.6 Å². The summed E-state index contributed by atoms with van der Waals surface area (Å²) in [5, 5.41) is 0. The molecule has 4 saturated carbocycles. The molecule has 0 nitrogen and oxygen atoms in total. The Morgan fingerprint density at radius 2 is 1.47 bits per heavy atom. The molecular formula is C15H26. The zero-order valence-electron chi connectivity index (χ0n) is 10.8. The van der Waals surface area contributed by atoms with Gasteiger partial charge in [0.25, 0.3) is 0 Å². The van der Waals surface area contributed by atoms with E-state index in [1.165, 1.54) is 12.8 Å². The first kappa shape index (κ1) is 10.2. The molecule has 0 heterocycles. The van der Waals surface area contributed by atoms with E-state index < -0.39 is 0 Å². The minimum Gasteiger partial charge on any atom is -0.0622 e. The molecule has 0 aliphatic heterocycles. The summed E-state index contributed by atoms with van der Waals surface area (Å²) in [7, 11) is 0. The Morgan fingerprint density at radius 3 is 1.87 bits per heavy atom. The van der Waals surface area contributed by atoms with E-state index in [1.807, 2.05) is 0 Å². The van der Waals surface area contributed by atoms with Gasteiger partial charge in [-0.15, -0.1) is 0 Å². The van der Waals surface area contributed by atoms with Gasteiger partial charge in [0.15, 0.2) is 0 Å². The van der Waals surface area contributed by atoms with Crippen molar-refractivity contribution >= 4 is 0 Å². The molecule has 4 fully saturated rings. The summed E-state index contributed by atoms with van der Waals surface area (Å²) in [6.07, 6.45) is 7.74. The highest BCUT2D eigenvalue weighted by atomic mass is 14.6. The lowest BCUT2D eigenvalue weighted by atomic mass is 9.40. The van der Waals surface area contributed by atoms with Crippen LogP contribution in [-0.4, -0.2) is 0 Å². The van der Waals surface area contributed by atoms with Gasteiger partial charge in [-0.3, -0.25) is 0 Å². The molecule has 4 aliphatic carbocycles. The van der Waals surface area contributed by atoms with Crippen LogP contribution in [0.1, 0.15) is 59.8 Å². The predicted molar refractivity (Wildman–Crippen MR) is 64.6 cm³/mol. The van der Waals surface area contributed by atoms with Gasteiger partial charge in [0.2, 0.25) is 0 Å².